The lowest BCUT2D eigenvalue weighted by Gasteiger charge is -2.28. The first kappa shape index (κ1) is 17.3. The number of aliphatic hydroxyl groups excluding tert-OH is 2. The first-order chi connectivity index (χ1) is 6.92. The van der Waals surface area contributed by atoms with Crippen molar-refractivity contribution in [1.29, 1.82) is 0 Å². The summed E-state index contributed by atoms with van der Waals surface area (Å²) in [5.41, 5.74) is 0.329. The van der Waals surface area contributed by atoms with E-state index in [2.05, 4.69) is 34.6 Å². The topological polar surface area (TPSA) is 49.7 Å². The van der Waals surface area contributed by atoms with Crippen molar-refractivity contribution in [3.05, 3.63) is 0 Å². The van der Waals surface area contributed by atoms with Crippen LogP contribution in [0.15, 0.2) is 0 Å². The summed E-state index contributed by atoms with van der Waals surface area (Å²) in [6, 6.07) is 0. The molecule has 2 N–H and O–H groups in total. The molecule has 0 amide bonds. The fraction of sp³-hybridized carbons (Fsp3) is 1.00. The van der Waals surface area contributed by atoms with Crippen molar-refractivity contribution >= 4 is 0 Å². The summed E-state index contributed by atoms with van der Waals surface area (Å²) in [4.78, 5) is 0. The summed E-state index contributed by atoms with van der Waals surface area (Å²) < 4.78 is 5.51. The Labute approximate surface area is 94.5 Å². The highest BCUT2D eigenvalue weighted by molar-refractivity contribution is 4.71. The van der Waals surface area contributed by atoms with Crippen molar-refractivity contribution in [2.45, 2.75) is 41.0 Å². The quantitative estimate of drug-likeness (QED) is 0.674. The fourth-order valence-electron chi connectivity index (χ4n) is 0.646. The maximum Gasteiger partial charge on any atom is 0.0662 e. The van der Waals surface area contributed by atoms with Gasteiger partial charge in [0.05, 0.1) is 19.8 Å². The zero-order valence-electron chi connectivity index (χ0n) is 10.9. The van der Waals surface area contributed by atoms with Gasteiger partial charge < -0.3 is 14.9 Å². The predicted octanol–water partition coefficient (Wildman–Crippen LogP) is 2.07. The van der Waals surface area contributed by atoms with Gasteiger partial charge in [0, 0.05) is 6.61 Å². The van der Waals surface area contributed by atoms with Gasteiger partial charge in [0.2, 0.25) is 0 Å². The molecule has 0 unspecified atom stereocenters. The Morgan fingerprint density at radius 1 is 1.13 bits per heavy atom. The molecule has 0 rings (SSSR count). The third kappa shape index (κ3) is 11.8. The van der Waals surface area contributed by atoms with E-state index in [4.69, 9.17) is 14.9 Å². The van der Waals surface area contributed by atoms with Crippen LogP contribution in [-0.4, -0.2) is 36.6 Å². The molecule has 0 bridgehead atoms. The second-order valence-electron chi connectivity index (χ2n) is 4.64. The number of rotatable bonds is 6. The third-order valence-corrected chi connectivity index (χ3v) is 2.49. The van der Waals surface area contributed by atoms with Gasteiger partial charge in [0.1, 0.15) is 0 Å². The summed E-state index contributed by atoms with van der Waals surface area (Å²) in [5, 5.41) is 15.2. The van der Waals surface area contributed by atoms with Crippen LogP contribution < -0.4 is 0 Å². The van der Waals surface area contributed by atoms with Crippen molar-refractivity contribution in [1.82, 2.24) is 0 Å². The van der Waals surface area contributed by atoms with Gasteiger partial charge in [-0.15, -0.1) is 0 Å². The van der Waals surface area contributed by atoms with Crippen LogP contribution in [0, 0.1) is 11.3 Å². The molecule has 0 fully saturated rings. The highest BCUT2D eigenvalue weighted by atomic mass is 16.5. The summed E-state index contributed by atoms with van der Waals surface area (Å²) in [5.74, 6) is 0.694. The Bertz CT molecular complexity index is 120. The molecule has 0 atom stereocenters. The van der Waals surface area contributed by atoms with Gasteiger partial charge >= 0.3 is 0 Å². The van der Waals surface area contributed by atoms with Gasteiger partial charge in [0.25, 0.3) is 0 Å². The van der Waals surface area contributed by atoms with E-state index in [1.165, 1.54) is 0 Å². The molecule has 3 nitrogen and oxygen atoms in total. The number of aliphatic hydroxyl groups is 2. The van der Waals surface area contributed by atoms with Crippen molar-refractivity contribution in [3.63, 3.8) is 0 Å². The lowest BCUT2D eigenvalue weighted by Crippen LogP contribution is -2.25. The Morgan fingerprint density at radius 3 is 1.87 bits per heavy atom. The molecule has 0 saturated heterocycles. The third-order valence-electron chi connectivity index (χ3n) is 2.49. The largest absolute Gasteiger partial charge is 0.394 e. The molecule has 0 heterocycles. The van der Waals surface area contributed by atoms with Crippen LogP contribution in [-0.2, 0) is 4.74 Å². The van der Waals surface area contributed by atoms with Crippen molar-refractivity contribution in [2.24, 2.45) is 11.3 Å². The first-order valence-corrected chi connectivity index (χ1v) is 5.71. The van der Waals surface area contributed by atoms with Crippen molar-refractivity contribution < 1.29 is 14.9 Å². The first-order valence-electron chi connectivity index (χ1n) is 5.71. The lowest BCUT2D eigenvalue weighted by atomic mass is 9.82. The van der Waals surface area contributed by atoms with E-state index in [-0.39, 0.29) is 13.2 Å². The number of ether oxygens (including phenoxy) is 1. The second kappa shape index (κ2) is 10.4. The Balaban J connectivity index is 0. The van der Waals surface area contributed by atoms with E-state index < -0.39 is 0 Å². The standard InChI is InChI=1S/C10H22O.C2H6O2/c1-6-7-11-8-10(4,5)9(2)3;3-1-2-4/h9H,6-8H2,1-5H3;3-4H,1-2H2. The summed E-state index contributed by atoms with van der Waals surface area (Å²) in [7, 11) is 0. The minimum atomic E-state index is -0.125. The zero-order chi connectivity index (χ0) is 12.3. The Hall–Kier alpha value is -0.120. The molecule has 0 saturated carbocycles. The Morgan fingerprint density at radius 2 is 1.60 bits per heavy atom. The van der Waals surface area contributed by atoms with Crippen LogP contribution in [0.4, 0.5) is 0 Å². The maximum atomic E-state index is 7.62. The van der Waals surface area contributed by atoms with Crippen LogP contribution in [0.5, 0.6) is 0 Å². The molecular weight excluding hydrogens is 192 g/mol. The molecule has 0 aliphatic carbocycles. The summed E-state index contributed by atoms with van der Waals surface area (Å²) >= 11 is 0. The summed E-state index contributed by atoms with van der Waals surface area (Å²) in [6.07, 6.45) is 1.12. The Kier molecular flexibility index (Phi) is 12.0. The molecule has 94 valence electrons. The van der Waals surface area contributed by atoms with Gasteiger partial charge in [-0.1, -0.05) is 34.6 Å². The molecule has 15 heavy (non-hydrogen) atoms. The normalized spacial score (nSPS) is 11.2. The van der Waals surface area contributed by atoms with Crippen LogP contribution in [0.3, 0.4) is 0 Å². The molecule has 0 aliphatic rings. The molecule has 0 aromatic rings. The van der Waals surface area contributed by atoms with E-state index in [0.717, 1.165) is 19.6 Å². The average molecular weight is 220 g/mol. The van der Waals surface area contributed by atoms with Crippen LogP contribution in [0.2, 0.25) is 0 Å². The van der Waals surface area contributed by atoms with Gasteiger partial charge in [0.15, 0.2) is 0 Å². The molecule has 0 aromatic carbocycles. The minimum Gasteiger partial charge on any atom is -0.394 e. The van der Waals surface area contributed by atoms with E-state index >= 15 is 0 Å². The summed E-state index contributed by atoms with van der Waals surface area (Å²) in [6.45, 7) is 12.7. The average Bonchev–Trinajstić information content (AvgIpc) is 2.18. The fourth-order valence-corrected chi connectivity index (χ4v) is 0.646. The van der Waals surface area contributed by atoms with Crippen molar-refractivity contribution in [3.8, 4) is 0 Å². The van der Waals surface area contributed by atoms with E-state index in [1.54, 1.807) is 0 Å². The SMILES string of the molecule is CCCOCC(C)(C)C(C)C.OCCO. The number of hydrogen-bond donors (Lipinski definition) is 2. The minimum absolute atomic E-state index is 0.125. The van der Waals surface area contributed by atoms with Gasteiger partial charge in [-0.05, 0) is 17.8 Å². The molecule has 3 heteroatoms. The van der Waals surface area contributed by atoms with Gasteiger partial charge in [-0.2, -0.15) is 0 Å². The zero-order valence-corrected chi connectivity index (χ0v) is 10.9. The highest BCUT2D eigenvalue weighted by Gasteiger charge is 2.21. The second-order valence-corrected chi connectivity index (χ2v) is 4.64. The smallest absolute Gasteiger partial charge is 0.0662 e. The van der Waals surface area contributed by atoms with Gasteiger partial charge in [-0.3, -0.25) is 0 Å². The van der Waals surface area contributed by atoms with Crippen LogP contribution in [0.25, 0.3) is 0 Å². The van der Waals surface area contributed by atoms with E-state index in [9.17, 15) is 0 Å². The number of hydrogen-bond acceptors (Lipinski definition) is 3. The van der Waals surface area contributed by atoms with Gasteiger partial charge in [-0.25, -0.2) is 0 Å². The van der Waals surface area contributed by atoms with Crippen LogP contribution in [0.1, 0.15) is 41.0 Å². The lowest BCUT2D eigenvalue weighted by molar-refractivity contribution is 0.0380. The molecular formula is C12H28O3. The highest BCUT2D eigenvalue weighted by Crippen LogP contribution is 2.25. The van der Waals surface area contributed by atoms with Crippen molar-refractivity contribution in [2.75, 3.05) is 26.4 Å². The monoisotopic (exact) mass is 220 g/mol. The maximum absolute atomic E-state index is 7.62. The molecule has 0 spiro atoms. The molecule has 0 aromatic heterocycles. The van der Waals surface area contributed by atoms with E-state index in [1.807, 2.05) is 0 Å². The molecule has 0 aliphatic heterocycles. The van der Waals surface area contributed by atoms with Crippen LogP contribution >= 0.6 is 0 Å². The van der Waals surface area contributed by atoms with E-state index in [0.29, 0.717) is 11.3 Å². The molecule has 0 radical (unpaired) electrons. The predicted molar refractivity (Wildman–Crippen MR) is 63.9 cm³/mol.